The fourth-order valence-corrected chi connectivity index (χ4v) is 2.54. The number of benzene rings is 2. The predicted molar refractivity (Wildman–Crippen MR) is 96.9 cm³/mol. The Morgan fingerprint density at radius 2 is 1.96 bits per heavy atom. The van der Waals surface area contributed by atoms with Crippen molar-refractivity contribution in [3.63, 3.8) is 0 Å². The number of halogens is 2. The summed E-state index contributed by atoms with van der Waals surface area (Å²) in [5.74, 6) is -0.777. The van der Waals surface area contributed by atoms with Crippen LogP contribution in [0.2, 0.25) is 5.02 Å². The zero-order chi connectivity index (χ0) is 18.2. The second-order valence-corrected chi connectivity index (χ2v) is 6.00. The minimum Gasteiger partial charge on any atom is -0.308 e. The lowest BCUT2D eigenvalue weighted by Gasteiger charge is -2.23. The molecule has 0 unspecified atom stereocenters. The molecule has 0 aliphatic rings. The van der Waals surface area contributed by atoms with Gasteiger partial charge in [0.15, 0.2) is 0 Å². The zero-order valence-electron chi connectivity index (χ0n) is 13.9. The zero-order valence-corrected chi connectivity index (χ0v) is 14.6. The summed E-state index contributed by atoms with van der Waals surface area (Å²) >= 11 is 5.87. The molecule has 0 saturated carbocycles. The van der Waals surface area contributed by atoms with E-state index in [1.165, 1.54) is 17.0 Å². The molecule has 130 valence electrons. The van der Waals surface area contributed by atoms with Crippen molar-refractivity contribution < 1.29 is 9.18 Å². The summed E-state index contributed by atoms with van der Waals surface area (Å²) in [5.41, 5.74) is 1.18. The SMILES string of the molecule is C[C@@H](NCC(=O)N(CCC#N)c1ccccc1F)c1ccc(Cl)cc1. The summed E-state index contributed by atoms with van der Waals surface area (Å²) in [6.45, 7) is 2.11. The number of anilines is 1. The minimum atomic E-state index is -0.487. The highest BCUT2D eigenvalue weighted by Gasteiger charge is 2.19. The molecule has 0 radical (unpaired) electrons. The number of nitrogens with zero attached hydrogens (tertiary/aromatic N) is 2. The summed E-state index contributed by atoms with van der Waals surface area (Å²) in [6.07, 6.45) is 0.132. The van der Waals surface area contributed by atoms with E-state index in [2.05, 4.69) is 5.32 Å². The first-order chi connectivity index (χ1) is 12.0. The van der Waals surface area contributed by atoms with Crippen LogP contribution >= 0.6 is 11.6 Å². The van der Waals surface area contributed by atoms with Crippen LogP contribution in [-0.4, -0.2) is 19.0 Å². The molecular formula is C19H19ClFN3O. The average molecular weight is 360 g/mol. The molecule has 2 aromatic rings. The van der Waals surface area contributed by atoms with Gasteiger partial charge < -0.3 is 10.2 Å². The third-order valence-corrected chi connectivity index (χ3v) is 4.07. The molecule has 0 spiro atoms. The van der Waals surface area contributed by atoms with Crippen LogP contribution in [0, 0.1) is 17.1 Å². The maximum Gasteiger partial charge on any atom is 0.241 e. The van der Waals surface area contributed by atoms with E-state index < -0.39 is 5.82 Å². The molecule has 0 aliphatic carbocycles. The van der Waals surface area contributed by atoms with Crippen LogP contribution in [-0.2, 0) is 4.79 Å². The van der Waals surface area contributed by atoms with Gasteiger partial charge in [0.05, 0.1) is 24.7 Å². The maximum atomic E-state index is 14.0. The Labute approximate surface area is 151 Å². The van der Waals surface area contributed by atoms with E-state index >= 15 is 0 Å². The van der Waals surface area contributed by atoms with Crippen molar-refractivity contribution in [2.75, 3.05) is 18.0 Å². The fraction of sp³-hybridized carbons (Fsp3) is 0.263. The lowest BCUT2D eigenvalue weighted by molar-refractivity contribution is -0.117. The van der Waals surface area contributed by atoms with Gasteiger partial charge in [0.2, 0.25) is 5.91 Å². The highest BCUT2D eigenvalue weighted by atomic mass is 35.5. The number of nitriles is 1. The second-order valence-electron chi connectivity index (χ2n) is 5.56. The number of hydrogen-bond donors (Lipinski definition) is 1. The van der Waals surface area contributed by atoms with Crippen molar-refractivity contribution in [1.29, 1.82) is 5.26 Å². The molecule has 0 aliphatic heterocycles. The molecule has 1 amide bonds. The van der Waals surface area contributed by atoms with Crippen LogP contribution in [0.3, 0.4) is 0 Å². The molecule has 1 N–H and O–H groups in total. The summed E-state index contributed by atoms with van der Waals surface area (Å²) in [4.78, 5) is 13.9. The molecule has 0 bridgehead atoms. The molecule has 1 atom stereocenters. The Morgan fingerprint density at radius 1 is 1.28 bits per heavy atom. The van der Waals surface area contributed by atoms with E-state index in [9.17, 15) is 9.18 Å². The third-order valence-electron chi connectivity index (χ3n) is 3.82. The third kappa shape index (κ3) is 5.28. The Bertz CT molecular complexity index is 758. The van der Waals surface area contributed by atoms with Crippen molar-refractivity contribution in [3.8, 4) is 6.07 Å². The van der Waals surface area contributed by atoms with Gasteiger partial charge in [0, 0.05) is 17.6 Å². The average Bonchev–Trinajstić information content (AvgIpc) is 2.62. The molecule has 0 aromatic heterocycles. The molecule has 25 heavy (non-hydrogen) atoms. The van der Waals surface area contributed by atoms with Crippen molar-refractivity contribution >= 4 is 23.2 Å². The summed E-state index contributed by atoms with van der Waals surface area (Å²) in [6, 6.07) is 15.3. The Morgan fingerprint density at radius 3 is 2.60 bits per heavy atom. The van der Waals surface area contributed by atoms with Gasteiger partial charge in [-0.05, 0) is 36.8 Å². The molecule has 0 fully saturated rings. The van der Waals surface area contributed by atoms with Crippen LogP contribution in [0.5, 0.6) is 0 Å². The summed E-state index contributed by atoms with van der Waals surface area (Å²) in [7, 11) is 0. The van der Waals surface area contributed by atoms with Crippen molar-refractivity contribution in [2.24, 2.45) is 0 Å². The van der Waals surface area contributed by atoms with Gasteiger partial charge in [-0.1, -0.05) is 35.9 Å². The standard InChI is InChI=1S/C19H19ClFN3O/c1-14(15-7-9-16(20)10-8-15)23-13-19(25)24(12-4-11-22)18-6-3-2-5-17(18)21/h2-3,5-10,14,23H,4,12-13H2,1H3/t14-/m1/s1. The van der Waals surface area contributed by atoms with E-state index in [1.807, 2.05) is 25.1 Å². The largest absolute Gasteiger partial charge is 0.308 e. The van der Waals surface area contributed by atoms with E-state index in [-0.39, 0.29) is 37.1 Å². The van der Waals surface area contributed by atoms with E-state index in [0.717, 1.165) is 5.56 Å². The highest BCUT2D eigenvalue weighted by Crippen LogP contribution is 2.20. The Hall–Kier alpha value is -2.42. The van der Waals surface area contributed by atoms with Gasteiger partial charge in [-0.3, -0.25) is 4.79 Å². The molecule has 2 rings (SSSR count). The first kappa shape index (κ1) is 18.9. The molecule has 0 heterocycles. The van der Waals surface area contributed by atoms with Crippen LogP contribution in [0.15, 0.2) is 48.5 Å². The van der Waals surface area contributed by atoms with Gasteiger partial charge in [0.1, 0.15) is 5.82 Å². The van der Waals surface area contributed by atoms with Crippen molar-refractivity contribution in [3.05, 3.63) is 64.9 Å². The molecule has 2 aromatic carbocycles. The Kier molecular flexibility index (Phi) is 6.93. The first-order valence-electron chi connectivity index (χ1n) is 7.93. The normalized spacial score (nSPS) is 11.6. The number of rotatable bonds is 7. The predicted octanol–water partition coefficient (Wildman–Crippen LogP) is 4.08. The van der Waals surface area contributed by atoms with Crippen molar-refractivity contribution in [1.82, 2.24) is 5.32 Å². The topological polar surface area (TPSA) is 56.1 Å². The highest BCUT2D eigenvalue weighted by molar-refractivity contribution is 6.30. The second kappa shape index (κ2) is 9.16. The number of amides is 1. The van der Waals surface area contributed by atoms with Gasteiger partial charge >= 0.3 is 0 Å². The van der Waals surface area contributed by atoms with Gasteiger partial charge in [-0.15, -0.1) is 0 Å². The summed E-state index contributed by atoms with van der Waals surface area (Å²) in [5, 5.41) is 12.6. The van der Waals surface area contributed by atoms with E-state index in [0.29, 0.717) is 5.02 Å². The summed E-state index contributed by atoms with van der Waals surface area (Å²) < 4.78 is 14.0. The molecule has 4 nitrogen and oxygen atoms in total. The van der Waals surface area contributed by atoms with Crippen LogP contribution in [0.1, 0.15) is 24.9 Å². The quantitative estimate of drug-likeness (QED) is 0.810. The number of carbonyl (C=O) groups excluding carboxylic acids is 1. The minimum absolute atomic E-state index is 0.0313. The smallest absolute Gasteiger partial charge is 0.241 e. The van der Waals surface area contributed by atoms with Crippen LogP contribution in [0.25, 0.3) is 0 Å². The Balaban J connectivity index is 2.05. The number of para-hydroxylation sites is 1. The van der Waals surface area contributed by atoms with Gasteiger partial charge in [0.25, 0.3) is 0 Å². The van der Waals surface area contributed by atoms with Crippen LogP contribution < -0.4 is 10.2 Å². The fourth-order valence-electron chi connectivity index (χ4n) is 2.42. The molecule has 0 saturated heterocycles. The maximum absolute atomic E-state index is 14.0. The van der Waals surface area contributed by atoms with E-state index in [1.54, 1.807) is 24.3 Å². The van der Waals surface area contributed by atoms with Gasteiger partial charge in [-0.25, -0.2) is 4.39 Å². The van der Waals surface area contributed by atoms with Gasteiger partial charge in [-0.2, -0.15) is 5.26 Å². The van der Waals surface area contributed by atoms with E-state index in [4.69, 9.17) is 16.9 Å². The van der Waals surface area contributed by atoms with Crippen molar-refractivity contribution in [2.45, 2.75) is 19.4 Å². The first-order valence-corrected chi connectivity index (χ1v) is 8.31. The molecule has 6 heteroatoms. The van der Waals surface area contributed by atoms with Crippen LogP contribution in [0.4, 0.5) is 10.1 Å². The number of carbonyl (C=O) groups is 1. The lowest BCUT2D eigenvalue weighted by Crippen LogP contribution is -2.40. The monoisotopic (exact) mass is 359 g/mol. The molecular weight excluding hydrogens is 341 g/mol. The number of nitrogens with one attached hydrogen (secondary N) is 1. The number of hydrogen-bond acceptors (Lipinski definition) is 3. The lowest BCUT2D eigenvalue weighted by atomic mass is 10.1.